The number of benzene rings is 2. The summed E-state index contributed by atoms with van der Waals surface area (Å²) in [6.07, 6.45) is 0. The molecule has 0 aliphatic heterocycles. The Labute approximate surface area is 151 Å². The predicted octanol–water partition coefficient (Wildman–Crippen LogP) is 3.64. The van der Waals surface area contributed by atoms with Crippen molar-refractivity contribution in [2.45, 2.75) is 19.0 Å². The second-order valence-electron chi connectivity index (χ2n) is 5.73. The van der Waals surface area contributed by atoms with Gasteiger partial charge in [0.15, 0.2) is 5.16 Å². The molecule has 2 aromatic carbocycles. The Balaban J connectivity index is 1.77. The van der Waals surface area contributed by atoms with E-state index in [1.165, 1.54) is 11.8 Å². The van der Waals surface area contributed by atoms with Gasteiger partial charge >= 0.3 is 0 Å². The van der Waals surface area contributed by atoms with E-state index >= 15 is 0 Å². The van der Waals surface area contributed by atoms with Gasteiger partial charge in [-0.1, -0.05) is 48.2 Å². The lowest BCUT2D eigenvalue weighted by atomic mass is 10.2. The molecular weight excluding hydrogens is 332 g/mol. The minimum atomic E-state index is 0.0215. The maximum absolute atomic E-state index is 12.5. The first-order chi connectivity index (χ1) is 12.1. The van der Waals surface area contributed by atoms with Crippen molar-refractivity contribution in [2.24, 2.45) is 0 Å². The van der Waals surface area contributed by atoms with Crippen LogP contribution < -0.4 is 4.90 Å². The molecule has 0 saturated heterocycles. The van der Waals surface area contributed by atoms with Crippen molar-refractivity contribution in [3.8, 4) is 5.69 Å². The third kappa shape index (κ3) is 3.74. The molecule has 1 amide bonds. The third-order valence-corrected chi connectivity index (χ3v) is 4.91. The lowest BCUT2D eigenvalue weighted by Crippen LogP contribution is -2.27. The Morgan fingerprint density at radius 3 is 2.44 bits per heavy atom. The molecule has 0 N–H and O–H groups in total. The van der Waals surface area contributed by atoms with Crippen LogP contribution in [0.3, 0.4) is 0 Å². The molecule has 1 aromatic heterocycles. The van der Waals surface area contributed by atoms with E-state index in [0.717, 1.165) is 27.9 Å². The Morgan fingerprint density at radius 2 is 1.72 bits per heavy atom. The minimum Gasteiger partial charge on any atom is -0.315 e. The van der Waals surface area contributed by atoms with E-state index in [2.05, 4.69) is 23.2 Å². The van der Waals surface area contributed by atoms with Crippen LogP contribution in [-0.4, -0.2) is 33.5 Å². The van der Waals surface area contributed by atoms with Gasteiger partial charge < -0.3 is 4.90 Å². The summed E-state index contributed by atoms with van der Waals surface area (Å²) in [6.45, 7) is 3.97. The van der Waals surface area contributed by atoms with Gasteiger partial charge in [0, 0.05) is 12.7 Å². The molecule has 0 spiro atoms. The second-order valence-corrected chi connectivity index (χ2v) is 6.67. The fourth-order valence-electron chi connectivity index (χ4n) is 2.55. The summed E-state index contributed by atoms with van der Waals surface area (Å²) in [5, 5.41) is 9.15. The third-order valence-electron chi connectivity index (χ3n) is 3.99. The van der Waals surface area contributed by atoms with E-state index in [1.807, 2.05) is 60.0 Å². The van der Waals surface area contributed by atoms with Crippen LogP contribution in [0.1, 0.15) is 11.4 Å². The molecule has 25 heavy (non-hydrogen) atoms. The van der Waals surface area contributed by atoms with Crippen molar-refractivity contribution in [1.82, 2.24) is 14.8 Å². The van der Waals surface area contributed by atoms with E-state index in [1.54, 1.807) is 11.9 Å². The van der Waals surface area contributed by atoms with Gasteiger partial charge in [0.25, 0.3) is 0 Å². The van der Waals surface area contributed by atoms with Crippen LogP contribution in [0.15, 0.2) is 59.8 Å². The van der Waals surface area contributed by atoms with E-state index in [9.17, 15) is 4.79 Å². The molecule has 0 bridgehead atoms. The summed E-state index contributed by atoms with van der Waals surface area (Å²) in [4.78, 5) is 14.1. The number of carbonyl (C=O) groups is 1. The van der Waals surface area contributed by atoms with Crippen molar-refractivity contribution in [3.63, 3.8) is 0 Å². The molecule has 0 aliphatic rings. The Hall–Kier alpha value is -2.60. The van der Waals surface area contributed by atoms with Crippen LogP contribution in [0.25, 0.3) is 5.69 Å². The average molecular weight is 352 g/mol. The average Bonchev–Trinajstić information content (AvgIpc) is 3.00. The molecule has 0 radical (unpaired) electrons. The maximum atomic E-state index is 12.5. The first kappa shape index (κ1) is 17.2. The van der Waals surface area contributed by atoms with Gasteiger partial charge in [0.05, 0.1) is 11.4 Å². The van der Waals surface area contributed by atoms with Crippen LogP contribution in [0, 0.1) is 13.8 Å². The van der Waals surface area contributed by atoms with Gasteiger partial charge in [-0.05, 0) is 37.6 Å². The van der Waals surface area contributed by atoms with E-state index in [4.69, 9.17) is 0 Å². The molecule has 0 aliphatic carbocycles. The first-order valence-electron chi connectivity index (χ1n) is 8.00. The van der Waals surface area contributed by atoms with Crippen LogP contribution in [0.2, 0.25) is 0 Å². The van der Waals surface area contributed by atoms with Crippen molar-refractivity contribution < 1.29 is 4.79 Å². The number of para-hydroxylation sites is 2. The quantitative estimate of drug-likeness (QED) is 0.658. The summed E-state index contributed by atoms with van der Waals surface area (Å²) in [5.74, 6) is 1.13. The second kappa shape index (κ2) is 7.53. The van der Waals surface area contributed by atoms with E-state index in [0.29, 0.717) is 5.75 Å². The minimum absolute atomic E-state index is 0.0215. The smallest absolute Gasteiger partial charge is 0.237 e. The number of nitrogens with zero attached hydrogens (tertiary/aromatic N) is 4. The molecule has 0 atom stereocenters. The monoisotopic (exact) mass is 352 g/mol. The fraction of sp³-hybridized carbons (Fsp3) is 0.211. The molecule has 128 valence electrons. The van der Waals surface area contributed by atoms with Gasteiger partial charge in [0.2, 0.25) is 5.91 Å². The largest absolute Gasteiger partial charge is 0.315 e. The van der Waals surface area contributed by atoms with Gasteiger partial charge in [-0.3, -0.25) is 9.36 Å². The standard InChI is InChI=1S/C19H20N4OS/c1-14-9-7-8-12-17(14)23-15(2)20-21-19(23)25-13-18(24)22(3)16-10-5-4-6-11-16/h4-12H,13H2,1-3H3. The predicted molar refractivity (Wildman–Crippen MR) is 101 cm³/mol. The number of anilines is 1. The van der Waals surface area contributed by atoms with Crippen LogP contribution in [-0.2, 0) is 4.79 Å². The summed E-state index contributed by atoms with van der Waals surface area (Å²) in [7, 11) is 1.79. The zero-order valence-corrected chi connectivity index (χ0v) is 15.3. The van der Waals surface area contributed by atoms with Gasteiger partial charge in [-0.15, -0.1) is 10.2 Å². The lowest BCUT2D eigenvalue weighted by Gasteiger charge is -2.17. The number of amides is 1. The Kier molecular flexibility index (Phi) is 5.19. The number of carbonyl (C=O) groups excluding carboxylic acids is 1. The molecule has 6 heteroatoms. The first-order valence-corrected chi connectivity index (χ1v) is 8.99. The summed E-state index contributed by atoms with van der Waals surface area (Å²) >= 11 is 1.40. The molecular formula is C19H20N4OS. The van der Waals surface area contributed by atoms with E-state index in [-0.39, 0.29) is 5.91 Å². The van der Waals surface area contributed by atoms with Crippen molar-refractivity contribution in [1.29, 1.82) is 0 Å². The zero-order chi connectivity index (χ0) is 17.8. The van der Waals surface area contributed by atoms with Gasteiger partial charge in [-0.2, -0.15) is 0 Å². The van der Waals surface area contributed by atoms with Crippen LogP contribution in [0.4, 0.5) is 5.69 Å². The Bertz CT molecular complexity index is 876. The van der Waals surface area contributed by atoms with Crippen LogP contribution in [0.5, 0.6) is 0 Å². The number of hydrogen-bond donors (Lipinski definition) is 0. The number of aromatic nitrogens is 3. The van der Waals surface area contributed by atoms with Gasteiger partial charge in [0.1, 0.15) is 5.82 Å². The molecule has 1 heterocycles. The van der Waals surface area contributed by atoms with Crippen molar-refractivity contribution in [2.75, 3.05) is 17.7 Å². The van der Waals surface area contributed by atoms with Crippen molar-refractivity contribution in [3.05, 3.63) is 66.0 Å². The number of aryl methyl sites for hydroxylation is 2. The molecule has 0 unspecified atom stereocenters. The van der Waals surface area contributed by atoms with Crippen molar-refractivity contribution >= 4 is 23.4 Å². The summed E-state index contributed by atoms with van der Waals surface area (Å²) in [5.41, 5.74) is 3.06. The normalized spacial score (nSPS) is 10.7. The molecule has 0 fully saturated rings. The van der Waals surface area contributed by atoms with Gasteiger partial charge in [-0.25, -0.2) is 0 Å². The molecule has 0 saturated carbocycles. The zero-order valence-electron chi connectivity index (χ0n) is 14.5. The number of thioether (sulfide) groups is 1. The molecule has 5 nitrogen and oxygen atoms in total. The highest BCUT2D eigenvalue weighted by Crippen LogP contribution is 2.24. The van der Waals surface area contributed by atoms with E-state index < -0.39 is 0 Å². The summed E-state index contributed by atoms with van der Waals surface area (Å²) < 4.78 is 2.00. The molecule has 3 aromatic rings. The fourth-order valence-corrected chi connectivity index (χ4v) is 3.45. The van der Waals surface area contributed by atoms with Crippen LogP contribution >= 0.6 is 11.8 Å². The highest BCUT2D eigenvalue weighted by atomic mass is 32.2. The number of rotatable bonds is 5. The highest BCUT2D eigenvalue weighted by Gasteiger charge is 2.16. The Morgan fingerprint density at radius 1 is 1.04 bits per heavy atom. The number of hydrogen-bond acceptors (Lipinski definition) is 4. The summed E-state index contributed by atoms with van der Waals surface area (Å²) in [6, 6.07) is 17.7. The SMILES string of the molecule is Cc1ccccc1-n1c(C)nnc1SCC(=O)N(C)c1ccccc1. The highest BCUT2D eigenvalue weighted by molar-refractivity contribution is 7.99. The molecule has 3 rings (SSSR count). The lowest BCUT2D eigenvalue weighted by molar-refractivity contribution is -0.115. The maximum Gasteiger partial charge on any atom is 0.237 e. The topological polar surface area (TPSA) is 51.0 Å².